The summed E-state index contributed by atoms with van der Waals surface area (Å²) in [5, 5.41) is 0. The number of rotatable bonds is 3. The first kappa shape index (κ1) is 10.7. The first-order chi connectivity index (χ1) is 7.59. The maximum absolute atomic E-state index is 11.9. The third-order valence-corrected chi connectivity index (χ3v) is 2.61. The van der Waals surface area contributed by atoms with Crippen LogP contribution in [0.1, 0.15) is 20.3 Å². The van der Waals surface area contributed by atoms with E-state index in [-0.39, 0.29) is 24.3 Å². The molecule has 0 aromatic carbocycles. The molecule has 1 aliphatic heterocycles. The standard InChI is InChI=1S/C11H15N3O2/c1-8(2)14-10(15)7-9(11(14)16)12-13-5-3-4-6-13/h3-6,8-9,12H,7H2,1-2H3. The zero-order valence-electron chi connectivity index (χ0n) is 9.38. The number of amides is 2. The highest BCUT2D eigenvalue weighted by atomic mass is 16.2. The number of carbonyl (C=O) groups is 2. The SMILES string of the molecule is CC(C)N1C(=O)CC(Nn2cccc2)C1=O. The van der Waals surface area contributed by atoms with Gasteiger partial charge in [0.2, 0.25) is 5.91 Å². The average Bonchev–Trinajstić information content (AvgIpc) is 2.76. The minimum absolute atomic E-state index is 0.0727. The van der Waals surface area contributed by atoms with Gasteiger partial charge in [0.05, 0.1) is 6.42 Å². The summed E-state index contributed by atoms with van der Waals surface area (Å²) in [6.07, 6.45) is 3.83. The Kier molecular flexibility index (Phi) is 2.68. The molecule has 2 rings (SSSR count). The van der Waals surface area contributed by atoms with E-state index in [0.717, 1.165) is 0 Å². The van der Waals surface area contributed by atoms with E-state index in [1.54, 1.807) is 17.1 Å². The summed E-state index contributed by atoms with van der Waals surface area (Å²) in [7, 11) is 0. The minimum atomic E-state index is -0.442. The van der Waals surface area contributed by atoms with Crippen molar-refractivity contribution in [2.24, 2.45) is 0 Å². The van der Waals surface area contributed by atoms with Crippen molar-refractivity contribution in [3.05, 3.63) is 24.5 Å². The van der Waals surface area contributed by atoms with Gasteiger partial charge < -0.3 is 5.43 Å². The Labute approximate surface area is 94.0 Å². The van der Waals surface area contributed by atoms with E-state index in [1.807, 2.05) is 26.0 Å². The molecule has 16 heavy (non-hydrogen) atoms. The first-order valence-electron chi connectivity index (χ1n) is 5.35. The number of aromatic nitrogens is 1. The highest BCUT2D eigenvalue weighted by Gasteiger charge is 2.39. The Morgan fingerprint density at radius 3 is 2.44 bits per heavy atom. The largest absolute Gasteiger partial charge is 0.313 e. The Hall–Kier alpha value is -1.78. The van der Waals surface area contributed by atoms with Crippen molar-refractivity contribution in [1.82, 2.24) is 9.58 Å². The van der Waals surface area contributed by atoms with Gasteiger partial charge >= 0.3 is 0 Å². The Morgan fingerprint density at radius 2 is 1.94 bits per heavy atom. The molecule has 1 unspecified atom stereocenters. The minimum Gasteiger partial charge on any atom is -0.313 e. The number of imide groups is 1. The van der Waals surface area contributed by atoms with Gasteiger partial charge in [0.1, 0.15) is 6.04 Å². The van der Waals surface area contributed by atoms with Gasteiger partial charge in [-0.25, -0.2) is 0 Å². The van der Waals surface area contributed by atoms with E-state index in [1.165, 1.54) is 4.90 Å². The molecule has 1 aliphatic rings. The first-order valence-corrected chi connectivity index (χ1v) is 5.35. The summed E-state index contributed by atoms with van der Waals surface area (Å²) in [6.45, 7) is 3.68. The van der Waals surface area contributed by atoms with Crippen molar-refractivity contribution in [1.29, 1.82) is 0 Å². The van der Waals surface area contributed by atoms with Gasteiger partial charge in [0.15, 0.2) is 0 Å². The molecule has 1 fully saturated rings. The number of nitrogens with one attached hydrogen (secondary N) is 1. The second kappa shape index (κ2) is 4.00. The van der Waals surface area contributed by atoms with E-state index in [2.05, 4.69) is 5.43 Å². The quantitative estimate of drug-likeness (QED) is 0.759. The topological polar surface area (TPSA) is 54.3 Å². The normalized spacial score (nSPS) is 20.9. The van der Waals surface area contributed by atoms with E-state index < -0.39 is 6.04 Å². The molecule has 0 saturated carbocycles. The monoisotopic (exact) mass is 221 g/mol. The Balaban J connectivity index is 2.09. The Bertz CT molecular complexity index is 397. The third-order valence-electron chi connectivity index (χ3n) is 2.61. The van der Waals surface area contributed by atoms with Gasteiger partial charge in [0.25, 0.3) is 5.91 Å². The summed E-state index contributed by atoms with van der Waals surface area (Å²) in [5.41, 5.74) is 2.99. The van der Waals surface area contributed by atoms with Crippen molar-refractivity contribution >= 4 is 11.8 Å². The molecule has 5 heteroatoms. The van der Waals surface area contributed by atoms with E-state index in [0.29, 0.717) is 0 Å². The molecule has 86 valence electrons. The van der Waals surface area contributed by atoms with Crippen LogP contribution in [0.2, 0.25) is 0 Å². The van der Waals surface area contributed by atoms with Gasteiger partial charge in [-0.15, -0.1) is 0 Å². The molecule has 1 N–H and O–H groups in total. The lowest BCUT2D eigenvalue weighted by atomic mass is 10.3. The van der Waals surface area contributed by atoms with E-state index in [9.17, 15) is 9.59 Å². The molecule has 1 aromatic heterocycles. The van der Waals surface area contributed by atoms with Crippen LogP contribution < -0.4 is 5.43 Å². The summed E-state index contributed by atoms with van der Waals surface area (Å²) in [6, 6.07) is 3.20. The van der Waals surface area contributed by atoms with Gasteiger partial charge in [-0.05, 0) is 26.0 Å². The molecular formula is C11H15N3O2. The second-order valence-electron chi connectivity index (χ2n) is 4.17. The van der Waals surface area contributed by atoms with Crippen LogP contribution in [0.4, 0.5) is 0 Å². The van der Waals surface area contributed by atoms with Gasteiger partial charge in [-0.3, -0.25) is 19.2 Å². The van der Waals surface area contributed by atoms with Crippen LogP contribution in [0.5, 0.6) is 0 Å². The van der Waals surface area contributed by atoms with Crippen molar-refractivity contribution in [3.8, 4) is 0 Å². The smallest absolute Gasteiger partial charge is 0.254 e. The highest BCUT2D eigenvalue weighted by Crippen LogP contribution is 2.16. The lowest BCUT2D eigenvalue weighted by Gasteiger charge is -2.19. The lowest BCUT2D eigenvalue weighted by Crippen LogP contribution is -2.40. The van der Waals surface area contributed by atoms with Gasteiger partial charge in [-0.2, -0.15) is 0 Å². The number of hydrogen-bond donors (Lipinski definition) is 1. The van der Waals surface area contributed by atoms with E-state index in [4.69, 9.17) is 0 Å². The predicted octanol–water partition coefficient (Wildman–Crippen LogP) is 0.567. The molecule has 0 aliphatic carbocycles. The predicted molar refractivity (Wildman–Crippen MR) is 59.2 cm³/mol. The maximum Gasteiger partial charge on any atom is 0.254 e. The number of nitrogens with zero attached hydrogens (tertiary/aromatic N) is 2. The summed E-state index contributed by atoms with van der Waals surface area (Å²) in [5.74, 6) is -0.252. The zero-order chi connectivity index (χ0) is 11.7. The molecule has 0 bridgehead atoms. The highest BCUT2D eigenvalue weighted by molar-refractivity contribution is 6.06. The van der Waals surface area contributed by atoms with Crippen LogP contribution in [0.3, 0.4) is 0 Å². The van der Waals surface area contributed by atoms with Crippen LogP contribution in [-0.2, 0) is 9.59 Å². The number of hydrogen-bond acceptors (Lipinski definition) is 3. The molecule has 2 heterocycles. The van der Waals surface area contributed by atoms with Crippen LogP contribution >= 0.6 is 0 Å². The summed E-state index contributed by atoms with van der Waals surface area (Å²) >= 11 is 0. The third kappa shape index (κ3) is 1.80. The molecule has 0 spiro atoms. The molecule has 1 aromatic rings. The molecule has 2 amide bonds. The maximum atomic E-state index is 11.9. The number of carbonyl (C=O) groups excluding carboxylic acids is 2. The zero-order valence-corrected chi connectivity index (χ0v) is 9.38. The number of likely N-dealkylation sites (tertiary alicyclic amines) is 1. The fourth-order valence-electron chi connectivity index (χ4n) is 1.89. The summed E-state index contributed by atoms with van der Waals surface area (Å²) < 4.78 is 1.69. The second-order valence-corrected chi connectivity index (χ2v) is 4.17. The Morgan fingerprint density at radius 1 is 1.31 bits per heavy atom. The van der Waals surface area contributed by atoms with Crippen LogP contribution in [0, 0.1) is 0 Å². The van der Waals surface area contributed by atoms with Crippen molar-refractivity contribution < 1.29 is 9.59 Å². The van der Waals surface area contributed by atoms with Crippen molar-refractivity contribution in [3.63, 3.8) is 0 Å². The summed E-state index contributed by atoms with van der Waals surface area (Å²) in [4.78, 5) is 24.9. The van der Waals surface area contributed by atoms with Gasteiger partial charge in [0, 0.05) is 18.4 Å². The van der Waals surface area contributed by atoms with Crippen molar-refractivity contribution in [2.45, 2.75) is 32.4 Å². The lowest BCUT2D eigenvalue weighted by molar-refractivity contribution is -0.140. The van der Waals surface area contributed by atoms with Crippen LogP contribution in [0.15, 0.2) is 24.5 Å². The van der Waals surface area contributed by atoms with Crippen LogP contribution in [0.25, 0.3) is 0 Å². The van der Waals surface area contributed by atoms with Gasteiger partial charge in [-0.1, -0.05) is 0 Å². The van der Waals surface area contributed by atoms with Crippen LogP contribution in [-0.4, -0.2) is 33.5 Å². The molecular weight excluding hydrogens is 206 g/mol. The van der Waals surface area contributed by atoms with Crippen molar-refractivity contribution in [2.75, 3.05) is 5.43 Å². The molecule has 5 nitrogen and oxygen atoms in total. The fourth-order valence-corrected chi connectivity index (χ4v) is 1.89. The molecule has 1 saturated heterocycles. The molecule has 1 atom stereocenters. The van der Waals surface area contributed by atoms with E-state index >= 15 is 0 Å². The molecule has 0 radical (unpaired) electrons. The average molecular weight is 221 g/mol. The fraction of sp³-hybridized carbons (Fsp3) is 0.455.